The van der Waals surface area contributed by atoms with E-state index in [4.69, 9.17) is 16.3 Å². The van der Waals surface area contributed by atoms with Crippen molar-refractivity contribution in [2.24, 2.45) is 0 Å². The monoisotopic (exact) mass is 289 g/mol. The predicted molar refractivity (Wildman–Crippen MR) is 60.9 cm³/mol. The van der Waals surface area contributed by atoms with Crippen LogP contribution < -0.4 is 5.32 Å². The Balaban J connectivity index is 2.22. The molecule has 1 aliphatic heterocycles. The van der Waals surface area contributed by atoms with Crippen molar-refractivity contribution in [3.8, 4) is 0 Å². The number of halogens is 2. The molecule has 1 amide bonds. The van der Waals surface area contributed by atoms with E-state index in [1.54, 1.807) is 0 Å². The van der Waals surface area contributed by atoms with Gasteiger partial charge in [0.05, 0.1) is 5.02 Å². The summed E-state index contributed by atoms with van der Waals surface area (Å²) in [6, 6.07) is 5.66. The first-order valence-corrected chi connectivity index (χ1v) is 5.68. The summed E-state index contributed by atoms with van der Waals surface area (Å²) in [6.45, 7) is 0.558. The lowest BCUT2D eigenvalue weighted by Crippen LogP contribution is -2.38. The fourth-order valence-corrected chi connectivity index (χ4v) is 2.09. The highest BCUT2D eigenvalue weighted by Crippen LogP contribution is 2.32. The van der Waals surface area contributed by atoms with Crippen LogP contribution in [-0.2, 0) is 9.53 Å². The number of morpholine rings is 1. The lowest BCUT2D eigenvalue weighted by molar-refractivity contribution is -0.133. The molecule has 80 valence electrons. The molecule has 1 N–H and O–H groups in total. The molecule has 1 aromatic carbocycles. The van der Waals surface area contributed by atoms with E-state index in [-0.39, 0.29) is 18.6 Å². The third-order valence-electron chi connectivity index (χ3n) is 2.23. The maximum absolute atomic E-state index is 10.9. The molecule has 1 fully saturated rings. The van der Waals surface area contributed by atoms with E-state index in [1.807, 2.05) is 18.2 Å². The third-order valence-corrected chi connectivity index (χ3v) is 3.54. The molecule has 1 heterocycles. The summed E-state index contributed by atoms with van der Waals surface area (Å²) in [4.78, 5) is 10.9. The molecule has 0 aromatic heterocycles. The van der Waals surface area contributed by atoms with Crippen LogP contribution in [0.15, 0.2) is 22.7 Å². The van der Waals surface area contributed by atoms with Crippen LogP contribution in [-0.4, -0.2) is 19.1 Å². The van der Waals surface area contributed by atoms with Gasteiger partial charge in [-0.05, 0) is 22.0 Å². The zero-order chi connectivity index (χ0) is 10.8. The Hall–Kier alpha value is -0.580. The lowest BCUT2D eigenvalue weighted by Gasteiger charge is -2.24. The molecule has 0 saturated carbocycles. The minimum absolute atomic E-state index is 0.0858. The Morgan fingerprint density at radius 2 is 2.33 bits per heavy atom. The van der Waals surface area contributed by atoms with Gasteiger partial charge in [-0.2, -0.15) is 0 Å². The maximum Gasteiger partial charge on any atom is 0.246 e. The van der Waals surface area contributed by atoms with Crippen molar-refractivity contribution < 1.29 is 9.53 Å². The molecule has 1 saturated heterocycles. The molecule has 0 radical (unpaired) electrons. The molecular weight excluding hydrogens is 281 g/mol. The molecule has 1 aromatic rings. The number of carbonyl (C=O) groups excluding carboxylic acids is 1. The molecule has 0 spiro atoms. The van der Waals surface area contributed by atoms with Gasteiger partial charge in [0.2, 0.25) is 5.91 Å². The molecule has 2 rings (SSSR count). The van der Waals surface area contributed by atoms with E-state index in [9.17, 15) is 4.79 Å². The SMILES string of the molecule is O=C1CO[C@@H](c2cccc(Br)c2Cl)CN1. The van der Waals surface area contributed by atoms with Crippen LogP contribution in [0.4, 0.5) is 0 Å². The highest BCUT2D eigenvalue weighted by Gasteiger charge is 2.22. The van der Waals surface area contributed by atoms with Crippen molar-refractivity contribution in [2.45, 2.75) is 6.10 Å². The first-order chi connectivity index (χ1) is 7.18. The van der Waals surface area contributed by atoms with E-state index in [1.165, 1.54) is 0 Å². The smallest absolute Gasteiger partial charge is 0.246 e. The van der Waals surface area contributed by atoms with E-state index >= 15 is 0 Å². The summed E-state index contributed by atoms with van der Waals surface area (Å²) in [7, 11) is 0. The normalized spacial score (nSPS) is 21.2. The van der Waals surface area contributed by atoms with Crippen LogP contribution in [0.3, 0.4) is 0 Å². The van der Waals surface area contributed by atoms with Crippen molar-refractivity contribution in [1.82, 2.24) is 5.32 Å². The van der Waals surface area contributed by atoms with Crippen molar-refractivity contribution >= 4 is 33.4 Å². The molecule has 15 heavy (non-hydrogen) atoms. The summed E-state index contributed by atoms with van der Waals surface area (Å²) in [5.41, 5.74) is 0.894. The fraction of sp³-hybridized carbons (Fsp3) is 0.300. The predicted octanol–water partition coefficient (Wildman–Crippen LogP) is 2.29. The molecule has 1 atom stereocenters. The van der Waals surface area contributed by atoms with Crippen LogP contribution in [0.25, 0.3) is 0 Å². The average molecular weight is 291 g/mol. The summed E-state index contributed by atoms with van der Waals surface area (Å²) >= 11 is 9.47. The Morgan fingerprint density at radius 1 is 1.53 bits per heavy atom. The highest BCUT2D eigenvalue weighted by molar-refractivity contribution is 9.10. The van der Waals surface area contributed by atoms with Gasteiger partial charge >= 0.3 is 0 Å². The second-order valence-electron chi connectivity index (χ2n) is 3.25. The van der Waals surface area contributed by atoms with Crippen molar-refractivity contribution in [3.05, 3.63) is 33.3 Å². The number of nitrogens with one attached hydrogen (secondary N) is 1. The van der Waals surface area contributed by atoms with Crippen molar-refractivity contribution in [3.63, 3.8) is 0 Å². The van der Waals surface area contributed by atoms with Gasteiger partial charge in [-0.3, -0.25) is 4.79 Å². The maximum atomic E-state index is 10.9. The third kappa shape index (κ3) is 2.33. The summed E-state index contributed by atoms with van der Waals surface area (Å²) in [6.07, 6.45) is -0.160. The minimum Gasteiger partial charge on any atom is -0.362 e. The van der Waals surface area contributed by atoms with E-state index < -0.39 is 0 Å². The molecule has 0 unspecified atom stereocenters. The van der Waals surface area contributed by atoms with Crippen LogP contribution in [0.5, 0.6) is 0 Å². The Kier molecular flexibility index (Phi) is 3.29. The van der Waals surface area contributed by atoms with Gasteiger partial charge in [-0.15, -0.1) is 0 Å². The average Bonchev–Trinajstić information content (AvgIpc) is 2.24. The number of amides is 1. The molecule has 5 heteroatoms. The molecule has 3 nitrogen and oxygen atoms in total. The number of hydrogen-bond donors (Lipinski definition) is 1. The summed E-state index contributed by atoms with van der Waals surface area (Å²) < 4.78 is 6.23. The fourth-order valence-electron chi connectivity index (χ4n) is 1.46. The molecular formula is C10H9BrClNO2. The van der Waals surface area contributed by atoms with Crippen molar-refractivity contribution in [1.29, 1.82) is 0 Å². The van der Waals surface area contributed by atoms with E-state index in [2.05, 4.69) is 21.2 Å². The second-order valence-corrected chi connectivity index (χ2v) is 4.48. The summed E-state index contributed by atoms with van der Waals surface area (Å²) in [5.74, 6) is -0.0858. The summed E-state index contributed by atoms with van der Waals surface area (Å²) in [5, 5.41) is 3.38. The Labute approximate surface area is 101 Å². The Morgan fingerprint density at radius 3 is 3.00 bits per heavy atom. The van der Waals surface area contributed by atoms with Gasteiger partial charge in [-0.25, -0.2) is 0 Å². The highest BCUT2D eigenvalue weighted by atomic mass is 79.9. The minimum atomic E-state index is -0.160. The Bertz CT molecular complexity index is 387. The van der Waals surface area contributed by atoms with Crippen LogP contribution in [0.1, 0.15) is 11.7 Å². The van der Waals surface area contributed by atoms with Gasteiger partial charge in [-0.1, -0.05) is 23.7 Å². The molecule has 1 aliphatic rings. The van der Waals surface area contributed by atoms with E-state index in [0.29, 0.717) is 11.6 Å². The zero-order valence-corrected chi connectivity index (χ0v) is 10.1. The van der Waals surface area contributed by atoms with Gasteiger partial charge in [0.25, 0.3) is 0 Å². The van der Waals surface area contributed by atoms with Gasteiger partial charge in [0, 0.05) is 16.6 Å². The van der Waals surface area contributed by atoms with E-state index in [0.717, 1.165) is 10.0 Å². The van der Waals surface area contributed by atoms with Crippen molar-refractivity contribution in [2.75, 3.05) is 13.2 Å². The lowest BCUT2D eigenvalue weighted by atomic mass is 10.1. The van der Waals surface area contributed by atoms with Crippen LogP contribution >= 0.6 is 27.5 Å². The quantitative estimate of drug-likeness (QED) is 0.862. The largest absolute Gasteiger partial charge is 0.362 e. The number of rotatable bonds is 1. The first-order valence-electron chi connectivity index (χ1n) is 4.50. The molecule has 0 bridgehead atoms. The van der Waals surface area contributed by atoms with Crippen LogP contribution in [0.2, 0.25) is 5.02 Å². The van der Waals surface area contributed by atoms with Gasteiger partial charge in [0.1, 0.15) is 12.7 Å². The van der Waals surface area contributed by atoms with Gasteiger partial charge in [0.15, 0.2) is 0 Å². The number of hydrogen-bond acceptors (Lipinski definition) is 2. The standard InChI is InChI=1S/C10H9BrClNO2/c11-7-3-1-2-6(10(7)12)8-4-13-9(14)5-15-8/h1-3,8H,4-5H2,(H,13,14)/t8-/m1/s1. The number of benzene rings is 1. The topological polar surface area (TPSA) is 38.3 Å². The first kappa shape index (κ1) is 10.9. The second kappa shape index (κ2) is 4.51. The zero-order valence-electron chi connectivity index (χ0n) is 7.80. The number of ether oxygens (including phenoxy) is 1. The number of carbonyl (C=O) groups is 1. The molecule has 0 aliphatic carbocycles. The van der Waals surface area contributed by atoms with Crippen LogP contribution in [0, 0.1) is 0 Å². The van der Waals surface area contributed by atoms with Gasteiger partial charge < -0.3 is 10.1 Å².